The molecule has 0 radical (unpaired) electrons. The van der Waals surface area contributed by atoms with Crippen molar-refractivity contribution in [1.82, 2.24) is 0 Å². The number of halogens is 1. The summed E-state index contributed by atoms with van der Waals surface area (Å²) in [5, 5.41) is 3.24. The van der Waals surface area contributed by atoms with Crippen molar-refractivity contribution in [3.8, 4) is 23.0 Å². The number of fused-ring (bicyclic) bond motifs is 2. The topological polar surface area (TPSA) is 66.0 Å². The van der Waals surface area contributed by atoms with Gasteiger partial charge < -0.3 is 24.3 Å². The fourth-order valence-electron chi connectivity index (χ4n) is 2.70. The highest BCUT2D eigenvalue weighted by atomic mass is 35.5. The van der Waals surface area contributed by atoms with Crippen molar-refractivity contribution in [3.05, 3.63) is 47.0 Å². The van der Waals surface area contributed by atoms with Gasteiger partial charge in [-0.15, -0.1) is 0 Å². The van der Waals surface area contributed by atoms with Crippen LogP contribution >= 0.6 is 11.6 Å². The van der Waals surface area contributed by atoms with Crippen molar-refractivity contribution in [1.29, 1.82) is 0 Å². The normalized spacial score (nSPS) is 15.0. The quantitative estimate of drug-likeness (QED) is 0.834. The van der Waals surface area contributed by atoms with E-state index >= 15 is 0 Å². The summed E-state index contributed by atoms with van der Waals surface area (Å²) in [6.07, 6.45) is 3.09. The first-order chi connectivity index (χ1) is 12.7. The van der Waals surface area contributed by atoms with E-state index in [0.29, 0.717) is 60.1 Å². The van der Waals surface area contributed by atoms with Crippen molar-refractivity contribution >= 4 is 29.3 Å². The van der Waals surface area contributed by atoms with Crippen molar-refractivity contribution in [2.75, 3.05) is 31.7 Å². The fraction of sp³-hybridized carbons (Fsp3) is 0.211. The molecule has 0 atom stereocenters. The highest BCUT2D eigenvalue weighted by Gasteiger charge is 2.16. The summed E-state index contributed by atoms with van der Waals surface area (Å²) in [4.78, 5) is 12.2. The van der Waals surface area contributed by atoms with E-state index in [9.17, 15) is 4.79 Å². The third-order valence-electron chi connectivity index (χ3n) is 3.86. The van der Waals surface area contributed by atoms with Crippen LogP contribution in [-0.4, -0.2) is 32.3 Å². The smallest absolute Gasteiger partial charge is 0.248 e. The van der Waals surface area contributed by atoms with Gasteiger partial charge in [-0.1, -0.05) is 11.6 Å². The van der Waals surface area contributed by atoms with E-state index in [4.69, 9.17) is 30.5 Å². The summed E-state index contributed by atoms with van der Waals surface area (Å²) in [6.45, 7) is 1.97. The average Bonchev–Trinajstić information content (AvgIpc) is 2.66. The molecule has 2 heterocycles. The zero-order chi connectivity index (χ0) is 17.9. The van der Waals surface area contributed by atoms with Gasteiger partial charge in [0, 0.05) is 17.8 Å². The average molecular weight is 374 g/mol. The Morgan fingerprint density at radius 2 is 1.65 bits per heavy atom. The van der Waals surface area contributed by atoms with E-state index in [1.165, 1.54) is 6.08 Å². The van der Waals surface area contributed by atoms with Crippen LogP contribution in [0.4, 0.5) is 5.69 Å². The number of nitrogens with one attached hydrogen (secondary N) is 1. The van der Waals surface area contributed by atoms with Crippen molar-refractivity contribution in [2.24, 2.45) is 0 Å². The molecular weight excluding hydrogens is 358 g/mol. The number of hydrogen-bond donors (Lipinski definition) is 1. The predicted molar refractivity (Wildman–Crippen MR) is 97.5 cm³/mol. The minimum atomic E-state index is -0.271. The Morgan fingerprint density at radius 1 is 0.923 bits per heavy atom. The maximum atomic E-state index is 12.2. The third kappa shape index (κ3) is 3.55. The predicted octanol–water partition coefficient (Wildman–Crippen LogP) is 3.53. The molecule has 0 fully saturated rings. The molecule has 0 saturated heterocycles. The summed E-state index contributed by atoms with van der Waals surface area (Å²) in [5.74, 6) is 2.14. The molecule has 0 spiro atoms. The molecule has 0 unspecified atom stereocenters. The lowest BCUT2D eigenvalue weighted by atomic mass is 10.1. The lowest BCUT2D eigenvalue weighted by Crippen LogP contribution is -2.16. The molecule has 26 heavy (non-hydrogen) atoms. The van der Waals surface area contributed by atoms with Crippen molar-refractivity contribution in [3.63, 3.8) is 0 Å². The molecule has 134 valence electrons. The van der Waals surface area contributed by atoms with Gasteiger partial charge in [0.2, 0.25) is 5.91 Å². The maximum Gasteiger partial charge on any atom is 0.248 e. The summed E-state index contributed by atoms with van der Waals surface area (Å²) < 4.78 is 22.0. The lowest BCUT2D eigenvalue weighted by molar-refractivity contribution is -0.111. The summed E-state index contributed by atoms with van der Waals surface area (Å²) in [6, 6.07) is 8.78. The molecule has 4 rings (SSSR count). The van der Waals surface area contributed by atoms with Crippen LogP contribution in [0.5, 0.6) is 23.0 Å². The number of rotatable bonds is 3. The maximum absolute atomic E-state index is 12.2. The standard InChI is InChI=1S/C19H16ClNO5/c20-14-9-12(10-17-19(14)26-8-7-25-17)1-4-18(22)21-13-2-3-15-16(11-13)24-6-5-23-15/h1-4,9-11H,5-8H2,(H,21,22)/b4-1+. The van der Waals surface area contributed by atoms with Crippen LogP contribution in [0, 0.1) is 0 Å². The van der Waals surface area contributed by atoms with Crippen LogP contribution in [0.15, 0.2) is 36.4 Å². The minimum absolute atomic E-state index is 0.271. The first-order valence-corrected chi connectivity index (χ1v) is 8.55. The molecule has 0 bridgehead atoms. The van der Waals surface area contributed by atoms with Crippen LogP contribution in [-0.2, 0) is 4.79 Å². The van der Waals surface area contributed by atoms with Gasteiger partial charge in [0.05, 0.1) is 5.02 Å². The molecule has 7 heteroatoms. The summed E-state index contributed by atoms with van der Waals surface area (Å²) in [7, 11) is 0. The Bertz CT molecular complexity index is 880. The van der Waals surface area contributed by atoms with E-state index < -0.39 is 0 Å². The molecule has 2 aromatic carbocycles. The molecule has 0 saturated carbocycles. The molecule has 2 aliphatic rings. The summed E-state index contributed by atoms with van der Waals surface area (Å²) in [5.41, 5.74) is 1.38. The second-order valence-electron chi connectivity index (χ2n) is 5.71. The monoisotopic (exact) mass is 373 g/mol. The van der Waals surface area contributed by atoms with Crippen molar-refractivity contribution in [2.45, 2.75) is 0 Å². The highest BCUT2D eigenvalue weighted by molar-refractivity contribution is 6.32. The number of amides is 1. The molecule has 2 aromatic rings. The lowest BCUT2D eigenvalue weighted by Gasteiger charge is -2.19. The first kappa shape index (κ1) is 16.6. The largest absolute Gasteiger partial charge is 0.486 e. The number of carbonyl (C=O) groups excluding carboxylic acids is 1. The Kier molecular flexibility index (Phi) is 4.58. The number of ether oxygens (including phenoxy) is 4. The van der Waals surface area contributed by atoms with E-state index in [-0.39, 0.29) is 5.91 Å². The van der Waals surface area contributed by atoms with Gasteiger partial charge in [-0.2, -0.15) is 0 Å². The molecule has 2 aliphatic heterocycles. The van der Waals surface area contributed by atoms with Crippen LogP contribution in [0.1, 0.15) is 5.56 Å². The molecular formula is C19H16ClNO5. The van der Waals surface area contributed by atoms with Gasteiger partial charge in [0.15, 0.2) is 23.0 Å². The van der Waals surface area contributed by atoms with Gasteiger partial charge in [0.1, 0.15) is 26.4 Å². The zero-order valence-electron chi connectivity index (χ0n) is 13.8. The number of benzene rings is 2. The number of hydrogen-bond acceptors (Lipinski definition) is 5. The van der Waals surface area contributed by atoms with Crippen LogP contribution in [0.2, 0.25) is 5.02 Å². The van der Waals surface area contributed by atoms with E-state index in [0.717, 1.165) is 5.56 Å². The zero-order valence-corrected chi connectivity index (χ0v) is 14.5. The fourth-order valence-corrected chi connectivity index (χ4v) is 2.98. The van der Waals surface area contributed by atoms with Crippen LogP contribution in [0.3, 0.4) is 0 Å². The van der Waals surface area contributed by atoms with Gasteiger partial charge in [-0.25, -0.2) is 0 Å². The van der Waals surface area contributed by atoms with E-state index in [1.807, 2.05) is 0 Å². The number of anilines is 1. The van der Waals surface area contributed by atoms with Crippen molar-refractivity contribution < 1.29 is 23.7 Å². The van der Waals surface area contributed by atoms with Gasteiger partial charge in [-0.05, 0) is 35.9 Å². The minimum Gasteiger partial charge on any atom is -0.486 e. The highest BCUT2D eigenvalue weighted by Crippen LogP contribution is 2.38. The Labute approximate surface area is 155 Å². The molecule has 0 aliphatic carbocycles. The molecule has 6 nitrogen and oxygen atoms in total. The van der Waals surface area contributed by atoms with Gasteiger partial charge in [-0.3, -0.25) is 4.79 Å². The summed E-state index contributed by atoms with van der Waals surface area (Å²) >= 11 is 6.19. The Hall–Kier alpha value is -2.86. The van der Waals surface area contributed by atoms with E-state index in [2.05, 4.69) is 5.32 Å². The Balaban J connectivity index is 1.45. The van der Waals surface area contributed by atoms with Crippen LogP contribution < -0.4 is 24.3 Å². The third-order valence-corrected chi connectivity index (χ3v) is 4.14. The number of carbonyl (C=O) groups is 1. The molecule has 1 N–H and O–H groups in total. The van der Waals surface area contributed by atoms with Gasteiger partial charge >= 0.3 is 0 Å². The second-order valence-corrected chi connectivity index (χ2v) is 6.12. The van der Waals surface area contributed by atoms with E-state index in [1.54, 1.807) is 36.4 Å². The first-order valence-electron chi connectivity index (χ1n) is 8.17. The van der Waals surface area contributed by atoms with Crippen LogP contribution in [0.25, 0.3) is 6.08 Å². The van der Waals surface area contributed by atoms with Gasteiger partial charge in [0.25, 0.3) is 0 Å². The molecule has 0 aromatic heterocycles. The second kappa shape index (κ2) is 7.17. The molecule has 1 amide bonds. The Morgan fingerprint density at radius 3 is 2.50 bits per heavy atom. The SMILES string of the molecule is O=C(/C=C/c1cc(Cl)c2c(c1)OCCO2)Nc1ccc2c(c1)OCCO2.